The van der Waals surface area contributed by atoms with Crippen LogP contribution in [0.1, 0.15) is 26.2 Å². The minimum absolute atomic E-state index is 0.0143. The summed E-state index contributed by atoms with van der Waals surface area (Å²) in [6, 6.07) is -0.706. The zero-order valence-corrected chi connectivity index (χ0v) is 13.4. The van der Waals surface area contributed by atoms with Gasteiger partial charge in [-0.1, -0.05) is 13.3 Å². The first-order valence-corrected chi connectivity index (χ1v) is 9.55. The number of amides is 2. The van der Waals surface area contributed by atoms with Gasteiger partial charge in [0, 0.05) is 19.1 Å². The summed E-state index contributed by atoms with van der Waals surface area (Å²) in [7, 11) is -3.08. The van der Waals surface area contributed by atoms with Gasteiger partial charge >= 0.3 is 12.0 Å². The van der Waals surface area contributed by atoms with E-state index in [4.69, 9.17) is 0 Å². The number of fused-ring (bicyclic) bond motifs is 1. The molecular weight excluding hydrogens is 308 g/mol. The SMILES string of the molecule is C[C@H]1CS(=O)(=O)C[C@H]1NC(=O)N1C[C@@H]2CCC[C@@]2(C(=O)O)C1. The average molecular weight is 330 g/mol. The highest BCUT2D eigenvalue weighted by Gasteiger charge is 2.56. The lowest BCUT2D eigenvalue weighted by Gasteiger charge is -2.25. The molecule has 2 N–H and O–H groups in total. The molecule has 0 aromatic carbocycles. The van der Waals surface area contributed by atoms with Gasteiger partial charge in [0.25, 0.3) is 0 Å². The highest BCUT2D eigenvalue weighted by atomic mass is 32.2. The quantitative estimate of drug-likeness (QED) is 0.759. The van der Waals surface area contributed by atoms with Crippen LogP contribution in [0.4, 0.5) is 4.79 Å². The molecule has 2 aliphatic heterocycles. The van der Waals surface area contributed by atoms with E-state index in [0.717, 1.165) is 12.8 Å². The fraction of sp³-hybridized carbons (Fsp3) is 0.857. The van der Waals surface area contributed by atoms with Gasteiger partial charge in [0.1, 0.15) is 0 Å². The molecule has 1 aliphatic carbocycles. The molecule has 0 aromatic rings. The maximum absolute atomic E-state index is 12.4. The highest BCUT2D eigenvalue weighted by molar-refractivity contribution is 7.91. The Labute approximate surface area is 130 Å². The molecule has 22 heavy (non-hydrogen) atoms. The van der Waals surface area contributed by atoms with Gasteiger partial charge in [0.05, 0.1) is 16.9 Å². The molecule has 2 saturated heterocycles. The average Bonchev–Trinajstić information content (AvgIpc) is 3.00. The Bertz CT molecular complexity index is 604. The molecule has 7 nitrogen and oxygen atoms in total. The second-order valence-electron chi connectivity index (χ2n) is 7.04. The summed E-state index contributed by atoms with van der Waals surface area (Å²) in [5, 5.41) is 12.3. The van der Waals surface area contributed by atoms with Crippen molar-refractivity contribution in [2.45, 2.75) is 32.2 Å². The van der Waals surface area contributed by atoms with E-state index in [1.54, 1.807) is 4.90 Å². The Morgan fingerprint density at radius 2 is 2.05 bits per heavy atom. The molecule has 3 rings (SSSR count). The largest absolute Gasteiger partial charge is 0.481 e. The first-order chi connectivity index (χ1) is 10.2. The number of sulfone groups is 1. The molecule has 2 heterocycles. The van der Waals surface area contributed by atoms with E-state index in [9.17, 15) is 23.1 Å². The van der Waals surface area contributed by atoms with E-state index in [-0.39, 0.29) is 42.0 Å². The van der Waals surface area contributed by atoms with E-state index in [1.165, 1.54) is 0 Å². The highest BCUT2D eigenvalue weighted by Crippen LogP contribution is 2.48. The Kier molecular flexibility index (Phi) is 3.62. The number of carbonyl (C=O) groups excluding carboxylic acids is 1. The number of nitrogens with zero attached hydrogens (tertiary/aromatic N) is 1. The number of aliphatic carboxylic acids is 1. The third-order valence-electron chi connectivity index (χ3n) is 5.53. The predicted molar refractivity (Wildman–Crippen MR) is 79.1 cm³/mol. The Morgan fingerprint density at radius 1 is 1.32 bits per heavy atom. The number of carboxylic acid groups (broad SMARTS) is 1. The molecule has 3 aliphatic rings. The van der Waals surface area contributed by atoms with E-state index < -0.39 is 21.2 Å². The van der Waals surface area contributed by atoms with Gasteiger partial charge in [0.15, 0.2) is 9.84 Å². The number of rotatable bonds is 2. The Hall–Kier alpha value is -1.31. The van der Waals surface area contributed by atoms with Crippen molar-refractivity contribution in [2.75, 3.05) is 24.6 Å². The predicted octanol–water partition coefficient (Wildman–Crippen LogP) is 0.316. The van der Waals surface area contributed by atoms with Crippen molar-refractivity contribution in [2.24, 2.45) is 17.3 Å². The van der Waals surface area contributed by atoms with Crippen LogP contribution in [0.2, 0.25) is 0 Å². The van der Waals surface area contributed by atoms with E-state index >= 15 is 0 Å². The normalized spacial score (nSPS) is 39.7. The molecule has 3 fully saturated rings. The standard InChI is InChI=1S/C14H22N2O5S/c1-9-6-22(20,21)7-11(9)15-13(19)16-5-10-3-2-4-14(10,8-16)12(17)18/h9-11H,2-8H2,1H3,(H,15,19)(H,17,18)/t9-,10-,11+,14+/m0/s1. The summed E-state index contributed by atoms with van der Waals surface area (Å²) in [4.78, 5) is 25.5. The van der Waals surface area contributed by atoms with Gasteiger partial charge in [0.2, 0.25) is 0 Å². The summed E-state index contributed by atoms with van der Waals surface area (Å²) in [5.41, 5.74) is -0.801. The molecule has 1 saturated carbocycles. The third-order valence-corrected chi connectivity index (χ3v) is 7.43. The molecule has 0 unspecified atom stereocenters. The van der Waals surface area contributed by atoms with Crippen LogP contribution in [0.15, 0.2) is 0 Å². The lowest BCUT2D eigenvalue weighted by molar-refractivity contribution is -0.149. The third kappa shape index (κ3) is 2.47. The van der Waals surface area contributed by atoms with E-state index in [1.807, 2.05) is 6.92 Å². The van der Waals surface area contributed by atoms with Crippen molar-refractivity contribution in [1.29, 1.82) is 0 Å². The topological polar surface area (TPSA) is 104 Å². The van der Waals surface area contributed by atoms with E-state index in [0.29, 0.717) is 13.0 Å². The van der Waals surface area contributed by atoms with Gasteiger partial charge in [-0.05, 0) is 24.7 Å². The molecular formula is C14H22N2O5S. The zero-order chi connectivity index (χ0) is 16.1. The number of hydrogen-bond donors (Lipinski definition) is 2. The second-order valence-corrected chi connectivity index (χ2v) is 9.19. The fourth-order valence-electron chi connectivity index (χ4n) is 4.25. The summed E-state index contributed by atoms with van der Waals surface area (Å²) in [5.74, 6) is -0.840. The molecule has 0 bridgehead atoms. The minimum atomic E-state index is -3.08. The number of carbonyl (C=O) groups is 2. The van der Waals surface area contributed by atoms with Crippen LogP contribution in [0.5, 0.6) is 0 Å². The number of nitrogens with one attached hydrogen (secondary N) is 1. The van der Waals surface area contributed by atoms with Gasteiger partial charge in [-0.3, -0.25) is 4.79 Å². The van der Waals surface area contributed by atoms with Gasteiger partial charge < -0.3 is 15.3 Å². The first-order valence-electron chi connectivity index (χ1n) is 7.73. The molecule has 0 aromatic heterocycles. The lowest BCUT2D eigenvalue weighted by atomic mass is 9.81. The lowest BCUT2D eigenvalue weighted by Crippen LogP contribution is -2.47. The van der Waals surface area contributed by atoms with Crippen molar-refractivity contribution < 1.29 is 23.1 Å². The van der Waals surface area contributed by atoms with Crippen LogP contribution in [0.3, 0.4) is 0 Å². The maximum Gasteiger partial charge on any atom is 0.317 e. The summed E-state index contributed by atoms with van der Waals surface area (Å²) >= 11 is 0. The molecule has 2 amide bonds. The van der Waals surface area contributed by atoms with E-state index in [2.05, 4.69) is 5.32 Å². The van der Waals surface area contributed by atoms with Gasteiger partial charge in [-0.15, -0.1) is 0 Å². The Morgan fingerprint density at radius 3 is 2.59 bits per heavy atom. The minimum Gasteiger partial charge on any atom is -0.481 e. The van der Waals surface area contributed by atoms with Crippen molar-refractivity contribution in [3.63, 3.8) is 0 Å². The van der Waals surface area contributed by atoms with Crippen LogP contribution in [-0.4, -0.2) is 61.1 Å². The van der Waals surface area contributed by atoms with Crippen LogP contribution < -0.4 is 5.32 Å². The first kappa shape index (κ1) is 15.6. The summed E-state index contributed by atoms with van der Waals surface area (Å²) < 4.78 is 23.2. The van der Waals surface area contributed by atoms with Crippen LogP contribution >= 0.6 is 0 Å². The zero-order valence-electron chi connectivity index (χ0n) is 12.6. The van der Waals surface area contributed by atoms with Gasteiger partial charge in [-0.2, -0.15) is 0 Å². The van der Waals surface area contributed by atoms with Crippen LogP contribution in [-0.2, 0) is 14.6 Å². The van der Waals surface area contributed by atoms with Crippen LogP contribution in [0.25, 0.3) is 0 Å². The monoisotopic (exact) mass is 330 g/mol. The second kappa shape index (κ2) is 5.11. The van der Waals surface area contributed by atoms with Crippen molar-refractivity contribution in [1.82, 2.24) is 10.2 Å². The molecule has 124 valence electrons. The van der Waals surface area contributed by atoms with Crippen molar-refractivity contribution in [3.8, 4) is 0 Å². The van der Waals surface area contributed by atoms with Crippen LogP contribution in [0, 0.1) is 17.3 Å². The molecule has 0 radical (unpaired) electrons. The Balaban J connectivity index is 1.66. The summed E-state index contributed by atoms with van der Waals surface area (Å²) in [6.07, 6.45) is 2.35. The van der Waals surface area contributed by atoms with Gasteiger partial charge in [-0.25, -0.2) is 13.2 Å². The van der Waals surface area contributed by atoms with Crippen molar-refractivity contribution in [3.05, 3.63) is 0 Å². The fourth-order valence-corrected chi connectivity index (χ4v) is 6.38. The smallest absolute Gasteiger partial charge is 0.317 e. The summed E-state index contributed by atoms with van der Waals surface area (Å²) in [6.45, 7) is 2.49. The maximum atomic E-state index is 12.4. The molecule has 8 heteroatoms. The number of urea groups is 1. The molecule has 4 atom stereocenters. The number of likely N-dealkylation sites (tertiary alicyclic amines) is 1. The number of hydrogen-bond acceptors (Lipinski definition) is 4. The molecule has 0 spiro atoms. The number of carboxylic acids is 1. The van der Waals surface area contributed by atoms with Crippen molar-refractivity contribution >= 4 is 21.8 Å².